The van der Waals surface area contributed by atoms with Crippen molar-refractivity contribution < 1.29 is 17.5 Å². The number of hydrogen-bond acceptors (Lipinski definition) is 3. The number of aryl methyl sites for hydroxylation is 1. The topological polar surface area (TPSA) is 52.7 Å². The zero-order chi connectivity index (χ0) is 22.2. The first-order valence-electron chi connectivity index (χ1n) is 9.29. The largest absolute Gasteiger partial charge is 0.455 e. The predicted octanol–water partition coefficient (Wildman–Crippen LogP) is 6.31. The van der Waals surface area contributed by atoms with Crippen LogP contribution < -0.4 is 4.74 Å². The molecule has 0 spiro atoms. The molecule has 4 rings (SSSR count). The zero-order valence-corrected chi connectivity index (χ0v) is 17.4. The van der Waals surface area contributed by atoms with Crippen molar-refractivity contribution in [3.05, 3.63) is 102 Å². The molecule has 0 bridgehead atoms. The number of hydrogen-bond donors (Lipinski definition) is 0. The highest BCUT2D eigenvalue weighted by Gasteiger charge is 2.23. The van der Waals surface area contributed by atoms with E-state index in [1.165, 1.54) is 30.5 Å². The van der Waals surface area contributed by atoms with Gasteiger partial charge in [0, 0.05) is 23.2 Å². The van der Waals surface area contributed by atoms with Gasteiger partial charge in [-0.1, -0.05) is 42.5 Å². The molecule has 7 heteroatoms. The average Bonchev–Trinajstić information content (AvgIpc) is 3.19. The Bertz CT molecular complexity index is 1460. The van der Waals surface area contributed by atoms with Crippen LogP contribution in [0.25, 0.3) is 21.8 Å². The van der Waals surface area contributed by atoms with Gasteiger partial charge in [0.2, 0.25) is 0 Å². The molecule has 0 unspecified atom stereocenters. The summed E-state index contributed by atoms with van der Waals surface area (Å²) in [6, 6.07) is 15.5. The van der Waals surface area contributed by atoms with E-state index in [2.05, 4.69) is 11.4 Å². The average molecular weight is 432 g/mol. The van der Waals surface area contributed by atoms with Crippen LogP contribution in [0.3, 0.4) is 0 Å². The van der Waals surface area contributed by atoms with Crippen molar-refractivity contribution in [1.82, 2.24) is 3.97 Å². The van der Waals surface area contributed by atoms with Gasteiger partial charge in [-0.3, -0.25) is 0 Å². The smallest absolute Gasteiger partial charge is 0.268 e. The molecule has 3 aromatic carbocycles. The Morgan fingerprint density at radius 3 is 2.55 bits per heavy atom. The van der Waals surface area contributed by atoms with Crippen molar-refractivity contribution in [3.63, 3.8) is 0 Å². The molecular formula is C24H17FN2O3S. The summed E-state index contributed by atoms with van der Waals surface area (Å²) in [5, 5.41) is 0.475. The lowest BCUT2D eigenvalue weighted by Gasteiger charge is -2.13. The third kappa shape index (κ3) is 3.58. The van der Waals surface area contributed by atoms with Crippen molar-refractivity contribution >= 4 is 32.7 Å². The van der Waals surface area contributed by atoms with Crippen molar-refractivity contribution in [3.8, 4) is 11.5 Å². The van der Waals surface area contributed by atoms with Crippen LogP contribution in [-0.4, -0.2) is 12.4 Å². The first-order valence-corrected chi connectivity index (χ1v) is 10.7. The number of fused-ring (bicyclic) bond motifs is 1. The van der Waals surface area contributed by atoms with Gasteiger partial charge in [0.25, 0.3) is 10.0 Å². The van der Waals surface area contributed by atoms with Crippen LogP contribution in [0.5, 0.6) is 11.5 Å². The number of nitrogens with zero attached hydrogens (tertiary/aromatic N) is 2. The second-order valence-corrected chi connectivity index (χ2v) is 8.69. The first-order chi connectivity index (χ1) is 14.8. The molecular weight excluding hydrogens is 415 g/mol. The Hall–Kier alpha value is -3.89. The van der Waals surface area contributed by atoms with E-state index < -0.39 is 15.8 Å². The van der Waals surface area contributed by atoms with Crippen molar-refractivity contribution in [2.45, 2.75) is 11.8 Å². The van der Waals surface area contributed by atoms with Crippen molar-refractivity contribution in [1.29, 1.82) is 0 Å². The third-order valence-corrected chi connectivity index (χ3v) is 6.56. The molecule has 0 radical (unpaired) electrons. The summed E-state index contributed by atoms with van der Waals surface area (Å²) < 4.78 is 48.1. The van der Waals surface area contributed by atoms with Gasteiger partial charge >= 0.3 is 0 Å². The maximum absolute atomic E-state index is 15.1. The molecule has 0 amide bonds. The van der Waals surface area contributed by atoms with E-state index >= 15 is 4.39 Å². The minimum Gasteiger partial charge on any atom is -0.455 e. The maximum Gasteiger partial charge on any atom is 0.268 e. The van der Waals surface area contributed by atoms with E-state index in [1.54, 1.807) is 36.4 Å². The molecule has 0 saturated heterocycles. The Kier molecular flexibility index (Phi) is 5.09. The van der Waals surface area contributed by atoms with Crippen molar-refractivity contribution in [2.75, 3.05) is 0 Å². The van der Waals surface area contributed by atoms with Gasteiger partial charge in [-0.25, -0.2) is 21.6 Å². The van der Waals surface area contributed by atoms with E-state index in [0.29, 0.717) is 22.4 Å². The standard InChI is InChI=1S/C24H17FN2O3S/c1-4-20-21-12-13-27(31(28,29)19-10-8-16(2)9-11-19)23(21)15-22(25)24(20)30-18-7-5-6-17(14-18)26-3/h4-15H,1H2,2H3. The highest BCUT2D eigenvalue weighted by atomic mass is 32.2. The highest BCUT2D eigenvalue weighted by Crippen LogP contribution is 2.37. The van der Waals surface area contributed by atoms with Gasteiger partial charge in [-0.05, 0) is 37.3 Å². The van der Waals surface area contributed by atoms with Crippen LogP contribution in [0.4, 0.5) is 10.1 Å². The Labute approximate surface area is 179 Å². The Morgan fingerprint density at radius 2 is 1.87 bits per heavy atom. The van der Waals surface area contributed by atoms with Gasteiger partial charge in [-0.15, -0.1) is 0 Å². The van der Waals surface area contributed by atoms with Crippen LogP contribution >= 0.6 is 0 Å². The van der Waals surface area contributed by atoms with Gasteiger partial charge in [0.05, 0.1) is 17.0 Å². The molecule has 5 nitrogen and oxygen atoms in total. The van der Waals surface area contributed by atoms with Crippen LogP contribution in [0.1, 0.15) is 11.1 Å². The van der Waals surface area contributed by atoms with Crippen LogP contribution in [0.15, 0.2) is 78.3 Å². The Balaban J connectivity index is 1.86. The first kappa shape index (κ1) is 20.4. The van der Waals surface area contributed by atoms with Crippen LogP contribution in [0.2, 0.25) is 0 Å². The fourth-order valence-corrected chi connectivity index (χ4v) is 4.64. The molecule has 0 aliphatic rings. The summed E-state index contributed by atoms with van der Waals surface area (Å²) in [5.74, 6) is -0.536. The van der Waals surface area contributed by atoms with Gasteiger partial charge in [-0.2, -0.15) is 0 Å². The summed E-state index contributed by atoms with van der Waals surface area (Å²) in [5.41, 5.74) is 1.78. The summed E-state index contributed by atoms with van der Waals surface area (Å²) in [7, 11) is -3.92. The summed E-state index contributed by atoms with van der Waals surface area (Å²) in [4.78, 5) is 3.44. The molecule has 0 saturated carbocycles. The number of ether oxygens (including phenoxy) is 1. The van der Waals surface area contributed by atoms with Gasteiger partial charge in [0.1, 0.15) is 5.75 Å². The van der Waals surface area contributed by atoms with Crippen molar-refractivity contribution in [2.24, 2.45) is 0 Å². The van der Waals surface area contributed by atoms with Gasteiger partial charge in [0.15, 0.2) is 17.3 Å². The van der Waals surface area contributed by atoms with E-state index in [4.69, 9.17) is 11.3 Å². The fourth-order valence-electron chi connectivity index (χ4n) is 3.31. The third-order valence-electron chi connectivity index (χ3n) is 4.85. The van der Waals surface area contributed by atoms with E-state index in [0.717, 1.165) is 15.6 Å². The molecule has 154 valence electrons. The lowest BCUT2D eigenvalue weighted by Crippen LogP contribution is -2.12. The van der Waals surface area contributed by atoms with Crippen LogP contribution in [0, 0.1) is 19.3 Å². The molecule has 0 aliphatic heterocycles. The fraction of sp³-hybridized carbons (Fsp3) is 0.0417. The van der Waals surface area contributed by atoms with Gasteiger partial charge < -0.3 is 4.74 Å². The molecule has 0 fully saturated rings. The Morgan fingerprint density at radius 1 is 1.13 bits per heavy atom. The minimum absolute atomic E-state index is 0.0879. The minimum atomic E-state index is -3.92. The number of rotatable bonds is 5. The second kappa shape index (κ2) is 7.74. The zero-order valence-electron chi connectivity index (χ0n) is 16.5. The highest BCUT2D eigenvalue weighted by molar-refractivity contribution is 7.90. The predicted molar refractivity (Wildman–Crippen MR) is 119 cm³/mol. The maximum atomic E-state index is 15.1. The summed E-state index contributed by atoms with van der Waals surface area (Å²) in [6.45, 7) is 12.7. The molecule has 0 atom stereocenters. The molecule has 1 aromatic heterocycles. The SMILES string of the molecule is [C-]#[N+]c1cccc(Oc2c(F)cc3c(ccn3S(=O)(=O)c3ccc(C)cc3)c2C=C)c1. The van der Waals surface area contributed by atoms with E-state index in [1.807, 2.05) is 6.92 Å². The van der Waals surface area contributed by atoms with E-state index in [9.17, 15) is 8.42 Å². The molecule has 31 heavy (non-hydrogen) atoms. The lowest BCUT2D eigenvalue weighted by atomic mass is 10.1. The second-order valence-electron chi connectivity index (χ2n) is 6.88. The van der Waals surface area contributed by atoms with E-state index in [-0.39, 0.29) is 16.2 Å². The summed E-state index contributed by atoms with van der Waals surface area (Å²) in [6.07, 6.45) is 2.80. The molecule has 4 aromatic rings. The quantitative estimate of drug-likeness (QED) is 0.347. The molecule has 0 N–H and O–H groups in total. The van der Waals surface area contributed by atoms with Crippen LogP contribution in [-0.2, 0) is 10.0 Å². The molecule has 0 aliphatic carbocycles. The number of benzene rings is 3. The normalized spacial score (nSPS) is 11.3. The molecule has 1 heterocycles. The monoisotopic (exact) mass is 432 g/mol. The summed E-state index contributed by atoms with van der Waals surface area (Å²) >= 11 is 0. The number of aromatic nitrogens is 1. The lowest BCUT2D eigenvalue weighted by molar-refractivity contribution is 0.442. The number of halogens is 1.